The van der Waals surface area contributed by atoms with E-state index in [-0.39, 0.29) is 17.7 Å². The van der Waals surface area contributed by atoms with E-state index in [0.29, 0.717) is 16.8 Å². The number of fused-ring (bicyclic) bond motifs is 3. The van der Waals surface area contributed by atoms with Crippen molar-refractivity contribution in [3.63, 3.8) is 0 Å². The predicted octanol–water partition coefficient (Wildman–Crippen LogP) is 3.87. The zero-order valence-corrected chi connectivity index (χ0v) is 20.7. The van der Waals surface area contributed by atoms with Crippen molar-refractivity contribution in [3.8, 4) is 0 Å². The molecule has 2 amide bonds. The third kappa shape index (κ3) is 3.16. The minimum atomic E-state index is -2.15. The second-order valence-electron chi connectivity index (χ2n) is 9.67. The lowest BCUT2D eigenvalue weighted by molar-refractivity contribution is -0.127. The second kappa shape index (κ2) is 8.56. The quantitative estimate of drug-likeness (QED) is 0.299. The standard InChI is InChI=1S/C30H23NO7/c1-3-37-29(36)18-12-10-17(11-13-18)24-22-23(28(35)31(27(22)34)19-14-8-16(2)9-15-19)30(38-24)25(32)20-6-4-5-7-21(20)26(30)33/h4-15,22-24H,3H2,1-2H3/t22-,23-,24-/m0/s1. The lowest BCUT2D eigenvalue weighted by atomic mass is 9.77. The van der Waals surface area contributed by atoms with Crippen LogP contribution in [0.4, 0.5) is 5.69 Å². The number of aryl methyl sites for hydroxylation is 1. The summed E-state index contributed by atoms with van der Waals surface area (Å²) >= 11 is 0. The maximum absolute atomic E-state index is 13.9. The molecule has 0 saturated carbocycles. The van der Waals surface area contributed by atoms with Crippen LogP contribution in [0.25, 0.3) is 0 Å². The number of Topliss-reactive ketones (excluding diaryl/α,β-unsaturated/α-hetero) is 2. The summed E-state index contributed by atoms with van der Waals surface area (Å²) in [5, 5.41) is 0. The lowest BCUT2D eigenvalue weighted by Crippen LogP contribution is -2.51. The number of carbonyl (C=O) groups excluding carboxylic acids is 5. The van der Waals surface area contributed by atoms with E-state index in [1.54, 1.807) is 55.5 Å². The van der Waals surface area contributed by atoms with Gasteiger partial charge in [0.2, 0.25) is 29.0 Å². The third-order valence-electron chi connectivity index (χ3n) is 7.56. The van der Waals surface area contributed by atoms with Crippen LogP contribution in [0.15, 0.2) is 72.8 Å². The number of anilines is 1. The summed E-state index contributed by atoms with van der Waals surface area (Å²) in [6, 6.07) is 19.5. The average Bonchev–Trinajstić information content (AvgIpc) is 3.49. The van der Waals surface area contributed by atoms with Gasteiger partial charge in [-0.25, -0.2) is 9.69 Å². The molecule has 3 atom stereocenters. The summed E-state index contributed by atoms with van der Waals surface area (Å²) in [6.07, 6.45) is -1.06. The van der Waals surface area contributed by atoms with Crippen LogP contribution in [-0.2, 0) is 19.1 Å². The monoisotopic (exact) mass is 509 g/mol. The summed E-state index contributed by atoms with van der Waals surface area (Å²) in [5.41, 5.74) is 0.271. The van der Waals surface area contributed by atoms with Gasteiger partial charge in [0, 0.05) is 11.1 Å². The molecule has 2 saturated heterocycles. The summed E-state index contributed by atoms with van der Waals surface area (Å²) in [5.74, 6) is -5.38. The van der Waals surface area contributed by atoms with Gasteiger partial charge < -0.3 is 9.47 Å². The van der Waals surface area contributed by atoms with Crippen LogP contribution in [0.5, 0.6) is 0 Å². The summed E-state index contributed by atoms with van der Waals surface area (Å²) in [7, 11) is 0. The minimum Gasteiger partial charge on any atom is -0.462 e. The number of rotatable bonds is 4. The first-order chi connectivity index (χ1) is 18.3. The van der Waals surface area contributed by atoms with Gasteiger partial charge in [0.25, 0.3) is 0 Å². The van der Waals surface area contributed by atoms with Crippen molar-refractivity contribution < 1.29 is 33.4 Å². The van der Waals surface area contributed by atoms with E-state index >= 15 is 0 Å². The highest BCUT2D eigenvalue weighted by Crippen LogP contribution is 2.57. The molecule has 0 unspecified atom stereocenters. The molecule has 3 aliphatic rings. The van der Waals surface area contributed by atoms with E-state index in [9.17, 15) is 24.0 Å². The lowest BCUT2D eigenvalue weighted by Gasteiger charge is -2.27. The summed E-state index contributed by atoms with van der Waals surface area (Å²) in [6.45, 7) is 3.81. The van der Waals surface area contributed by atoms with Crippen molar-refractivity contribution in [1.29, 1.82) is 0 Å². The van der Waals surface area contributed by atoms with E-state index in [0.717, 1.165) is 10.5 Å². The molecule has 8 heteroatoms. The van der Waals surface area contributed by atoms with Crippen molar-refractivity contribution in [2.24, 2.45) is 11.8 Å². The topological polar surface area (TPSA) is 107 Å². The molecule has 1 spiro atoms. The van der Waals surface area contributed by atoms with Gasteiger partial charge in [-0.1, -0.05) is 54.1 Å². The Morgan fingerprint density at radius 1 is 0.868 bits per heavy atom. The Balaban J connectivity index is 1.48. The van der Waals surface area contributed by atoms with Gasteiger partial charge in [-0.05, 0) is 43.7 Å². The smallest absolute Gasteiger partial charge is 0.338 e. The maximum atomic E-state index is 13.9. The molecule has 0 radical (unpaired) electrons. The minimum absolute atomic E-state index is 0.170. The fourth-order valence-corrected chi connectivity index (χ4v) is 5.79. The van der Waals surface area contributed by atoms with Crippen molar-refractivity contribution >= 4 is 35.0 Å². The Kier molecular flexibility index (Phi) is 5.39. The second-order valence-corrected chi connectivity index (χ2v) is 9.67. The van der Waals surface area contributed by atoms with Gasteiger partial charge in [0.1, 0.15) is 0 Å². The summed E-state index contributed by atoms with van der Waals surface area (Å²) < 4.78 is 11.3. The van der Waals surface area contributed by atoms with Crippen LogP contribution in [0, 0.1) is 18.8 Å². The first-order valence-corrected chi connectivity index (χ1v) is 12.4. The fourth-order valence-electron chi connectivity index (χ4n) is 5.79. The Morgan fingerprint density at radius 2 is 1.47 bits per heavy atom. The van der Waals surface area contributed by atoms with Crippen LogP contribution in [0.2, 0.25) is 0 Å². The molecule has 3 aromatic rings. The molecule has 190 valence electrons. The molecular weight excluding hydrogens is 486 g/mol. The number of ether oxygens (including phenoxy) is 2. The fraction of sp³-hybridized carbons (Fsp3) is 0.233. The highest BCUT2D eigenvalue weighted by atomic mass is 16.5. The molecule has 0 N–H and O–H groups in total. The number of benzene rings is 3. The van der Waals surface area contributed by atoms with Gasteiger partial charge in [0.15, 0.2) is 0 Å². The largest absolute Gasteiger partial charge is 0.462 e. The molecule has 3 aromatic carbocycles. The zero-order valence-electron chi connectivity index (χ0n) is 20.7. The Labute approximate surface area is 218 Å². The van der Waals surface area contributed by atoms with Gasteiger partial charge in [-0.3, -0.25) is 19.2 Å². The number of carbonyl (C=O) groups is 5. The summed E-state index contributed by atoms with van der Waals surface area (Å²) in [4.78, 5) is 68.7. The average molecular weight is 510 g/mol. The number of imide groups is 1. The predicted molar refractivity (Wildman–Crippen MR) is 135 cm³/mol. The molecular formula is C30H23NO7. The van der Waals surface area contributed by atoms with Gasteiger partial charge in [-0.2, -0.15) is 0 Å². The highest BCUT2D eigenvalue weighted by molar-refractivity contribution is 6.37. The molecule has 0 aromatic heterocycles. The number of esters is 1. The van der Waals surface area contributed by atoms with E-state index in [1.807, 2.05) is 6.92 Å². The number of hydrogen-bond donors (Lipinski definition) is 0. The van der Waals surface area contributed by atoms with E-state index in [2.05, 4.69) is 0 Å². The first kappa shape index (κ1) is 23.9. The van der Waals surface area contributed by atoms with Gasteiger partial charge >= 0.3 is 5.97 Å². The maximum Gasteiger partial charge on any atom is 0.338 e. The molecule has 1 aliphatic carbocycles. The molecule has 8 nitrogen and oxygen atoms in total. The van der Waals surface area contributed by atoms with Crippen LogP contribution in [0.1, 0.15) is 55.2 Å². The van der Waals surface area contributed by atoms with E-state index in [1.165, 1.54) is 24.3 Å². The van der Waals surface area contributed by atoms with E-state index < -0.39 is 52.9 Å². The SMILES string of the molecule is CCOC(=O)c1ccc([C@@H]2OC3(C(=O)c4ccccc4C3=O)[C@@H]3C(=O)N(c4ccc(C)cc4)C(=O)[C@@H]32)cc1. The Morgan fingerprint density at radius 3 is 2.05 bits per heavy atom. The van der Waals surface area contributed by atoms with Gasteiger partial charge in [-0.15, -0.1) is 0 Å². The van der Waals surface area contributed by atoms with Crippen LogP contribution in [-0.4, -0.2) is 41.6 Å². The van der Waals surface area contributed by atoms with Gasteiger partial charge in [0.05, 0.1) is 35.8 Å². The highest BCUT2D eigenvalue weighted by Gasteiger charge is 2.74. The van der Waals surface area contributed by atoms with Crippen molar-refractivity contribution in [2.75, 3.05) is 11.5 Å². The van der Waals surface area contributed by atoms with Crippen molar-refractivity contribution in [1.82, 2.24) is 0 Å². The zero-order chi connectivity index (χ0) is 26.8. The normalized spacial score (nSPS) is 23.2. The third-order valence-corrected chi connectivity index (χ3v) is 7.56. The molecule has 2 fully saturated rings. The van der Waals surface area contributed by atoms with Crippen LogP contribution in [0.3, 0.4) is 0 Å². The van der Waals surface area contributed by atoms with Crippen molar-refractivity contribution in [2.45, 2.75) is 25.6 Å². The van der Waals surface area contributed by atoms with E-state index in [4.69, 9.17) is 9.47 Å². The number of ketones is 2. The van der Waals surface area contributed by atoms with Crippen LogP contribution >= 0.6 is 0 Å². The number of hydrogen-bond acceptors (Lipinski definition) is 7. The number of amides is 2. The Hall–Kier alpha value is -4.43. The molecule has 6 rings (SSSR count). The Bertz CT molecular complexity index is 1490. The first-order valence-electron chi connectivity index (χ1n) is 12.4. The molecule has 2 heterocycles. The number of nitrogens with zero attached hydrogens (tertiary/aromatic N) is 1. The van der Waals surface area contributed by atoms with Crippen molar-refractivity contribution in [3.05, 3.63) is 101 Å². The molecule has 2 aliphatic heterocycles. The molecule has 0 bridgehead atoms. The molecule has 38 heavy (non-hydrogen) atoms. The van der Waals surface area contributed by atoms with Crippen LogP contribution < -0.4 is 4.90 Å².